The zero-order chi connectivity index (χ0) is 17.8. The van der Waals surface area contributed by atoms with Gasteiger partial charge in [-0.2, -0.15) is 0 Å². The molecule has 0 N–H and O–H groups in total. The van der Waals surface area contributed by atoms with Gasteiger partial charge in [0.2, 0.25) is 5.54 Å². The number of aliphatic imine (C=N–C) groups is 2. The van der Waals surface area contributed by atoms with Crippen LogP contribution in [-0.4, -0.2) is 32.8 Å². The smallest absolute Gasteiger partial charge is 0.269 e. The predicted molar refractivity (Wildman–Crippen MR) is 98.1 cm³/mol. The van der Waals surface area contributed by atoms with E-state index in [0.717, 1.165) is 11.1 Å². The summed E-state index contributed by atoms with van der Waals surface area (Å²) >= 11 is 0. The number of hydrogen-bond acceptors (Lipinski definition) is 5. The van der Waals surface area contributed by atoms with E-state index < -0.39 is 5.54 Å². The van der Waals surface area contributed by atoms with Crippen LogP contribution in [0.15, 0.2) is 83.3 Å². The molecule has 1 atom stereocenters. The minimum absolute atomic E-state index is 0.336. The van der Waals surface area contributed by atoms with Gasteiger partial charge in [-0.25, -0.2) is 15.0 Å². The summed E-state index contributed by atoms with van der Waals surface area (Å²) < 4.78 is 0. The lowest BCUT2D eigenvalue weighted by molar-refractivity contribution is -0.123. The van der Waals surface area contributed by atoms with Crippen molar-refractivity contribution < 1.29 is 4.79 Å². The van der Waals surface area contributed by atoms with Crippen LogP contribution in [0.1, 0.15) is 17.0 Å². The fraction of sp³-hybridized carbons (Fsp3) is 0.100. The van der Waals surface area contributed by atoms with Gasteiger partial charge in [-0.1, -0.05) is 30.3 Å². The number of pyridine rings is 1. The number of carbonyl (C=O) groups excluding carboxylic acids is 1. The van der Waals surface area contributed by atoms with Gasteiger partial charge in [0.1, 0.15) is 0 Å². The quantitative estimate of drug-likeness (QED) is 0.730. The van der Waals surface area contributed by atoms with Gasteiger partial charge in [0.05, 0.1) is 11.9 Å². The molecule has 6 nitrogen and oxygen atoms in total. The van der Waals surface area contributed by atoms with E-state index in [0.29, 0.717) is 18.0 Å². The van der Waals surface area contributed by atoms with Crippen molar-refractivity contribution in [3.8, 4) is 0 Å². The normalized spacial score (nSPS) is 19.2. The standard InChI is InChI=1S/C20H15N5O/c26-19-20(18-22-9-4-10-23-18,13-15-5-2-1-3-6-15)25-17(14-24-19)16-7-11-21-12-8-16/h1-12,14H,13H2. The zero-order valence-corrected chi connectivity index (χ0v) is 13.9. The fourth-order valence-corrected chi connectivity index (χ4v) is 2.91. The minimum Gasteiger partial charge on any atom is -0.269 e. The third-order valence-electron chi connectivity index (χ3n) is 4.18. The lowest BCUT2D eigenvalue weighted by Crippen LogP contribution is -2.41. The van der Waals surface area contributed by atoms with Crippen LogP contribution in [0.4, 0.5) is 0 Å². The molecule has 0 saturated carbocycles. The summed E-state index contributed by atoms with van der Waals surface area (Å²) in [5.74, 6) is -0.0254. The Morgan fingerprint density at radius 1 is 0.846 bits per heavy atom. The summed E-state index contributed by atoms with van der Waals surface area (Å²) in [4.78, 5) is 34.5. The average molecular weight is 341 g/mol. The topological polar surface area (TPSA) is 80.5 Å². The van der Waals surface area contributed by atoms with Gasteiger partial charge in [-0.3, -0.25) is 14.8 Å². The molecule has 0 fully saturated rings. The third kappa shape index (κ3) is 2.93. The number of aromatic nitrogens is 3. The Hall–Kier alpha value is -3.54. The maximum Gasteiger partial charge on any atom is 0.281 e. The summed E-state index contributed by atoms with van der Waals surface area (Å²) in [6.45, 7) is 0. The highest BCUT2D eigenvalue weighted by Crippen LogP contribution is 2.32. The number of benzene rings is 1. The SMILES string of the molecule is O=C1N=CC(c2ccncc2)=NC1(Cc1ccccc1)c1ncccn1. The second-order valence-corrected chi connectivity index (χ2v) is 5.89. The number of amides is 1. The number of carbonyl (C=O) groups is 1. The third-order valence-corrected chi connectivity index (χ3v) is 4.18. The molecule has 4 rings (SSSR count). The Bertz CT molecular complexity index is 971. The summed E-state index contributed by atoms with van der Waals surface area (Å²) in [7, 11) is 0. The van der Waals surface area contributed by atoms with E-state index in [1.54, 1.807) is 30.9 Å². The number of nitrogens with zero attached hydrogens (tertiary/aromatic N) is 5. The van der Waals surface area contributed by atoms with Crippen LogP contribution in [0.25, 0.3) is 0 Å². The van der Waals surface area contributed by atoms with Crippen LogP contribution in [0, 0.1) is 0 Å². The Balaban J connectivity index is 1.88. The fourth-order valence-electron chi connectivity index (χ4n) is 2.91. The molecule has 1 unspecified atom stereocenters. The van der Waals surface area contributed by atoms with Crippen molar-refractivity contribution in [3.05, 3.63) is 90.3 Å². The summed E-state index contributed by atoms with van der Waals surface area (Å²) in [5.41, 5.74) is 1.12. The minimum atomic E-state index is -1.28. The molecule has 0 radical (unpaired) electrons. The first-order chi connectivity index (χ1) is 12.8. The van der Waals surface area contributed by atoms with Gasteiger partial charge >= 0.3 is 0 Å². The highest BCUT2D eigenvalue weighted by molar-refractivity contribution is 6.41. The van der Waals surface area contributed by atoms with E-state index in [1.165, 1.54) is 6.21 Å². The van der Waals surface area contributed by atoms with E-state index in [1.807, 2.05) is 42.5 Å². The van der Waals surface area contributed by atoms with Gasteiger partial charge in [0.15, 0.2) is 5.82 Å². The van der Waals surface area contributed by atoms with E-state index in [4.69, 9.17) is 4.99 Å². The average Bonchev–Trinajstić information content (AvgIpc) is 2.72. The van der Waals surface area contributed by atoms with Crippen molar-refractivity contribution >= 4 is 17.8 Å². The molecule has 126 valence electrons. The molecule has 6 heteroatoms. The summed E-state index contributed by atoms with van der Waals surface area (Å²) in [5, 5.41) is 0. The molecule has 0 saturated heterocycles. The van der Waals surface area contributed by atoms with Gasteiger partial charge in [0, 0.05) is 36.8 Å². The highest BCUT2D eigenvalue weighted by Gasteiger charge is 2.45. The molecule has 26 heavy (non-hydrogen) atoms. The Morgan fingerprint density at radius 3 is 2.31 bits per heavy atom. The number of rotatable bonds is 4. The van der Waals surface area contributed by atoms with E-state index >= 15 is 0 Å². The molecule has 3 aromatic rings. The molecular formula is C20H15N5O. The van der Waals surface area contributed by atoms with E-state index in [2.05, 4.69) is 19.9 Å². The molecule has 0 spiro atoms. The van der Waals surface area contributed by atoms with Crippen LogP contribution >= 0.6 is 0 Å². The van der Waals surface area contributed by atoms with Gasteiger partial charge in [-0.15, -0.1) is 0 Å². The first-order valence-electron chi connectivity index (χ1n) is 8.18. The molecule has 1 aliphatic heterocycles. The van der Waals surface area contributed by atoms with Gasteiger partial charge in [0.25, 0.3) is 5.91 Å². The predicted octanol–water partition coefficient (Wildman–Crippen LogP) is 2.41. The van der Waals surface area contributed by atoms with Crippen molar-refractivity contribution in [2.24, 2.45) is 9.98 Å². The van der Waals surface area contributed by atoms with Gasteiger partial charge < -0.3 is 0 Å². The second kappa shape index (κ2) is 6.76. The van der Waals surface area contributed by atoms with Crippen molar-refractivity contribution in [2.75, 3.05) is 0 Å². The molecule has 0 aliphatic carbocycles. The summed E-state index contributed by atoms with van der Waals surface area (Å²) in [6.07, 6.45) is 8.41. The summed E-state index contributed by atoms with van der Waals surface area (Å²) in [6, 6.07) is 15.1. The molecule has 1 aliphatic rings. The second-order valence-electron chi connectivity index (χ2n) is 5.89. The molecule has 1 aromatic carbocycles. The van der Waals surface area contributed by atoms with E-state index in [9.17, 15) is 4.79 Å². The Labute approximate surface area is 150 Å². The van der Waals surface area contributed by atoms with E-state index in [-0.39, 0.29) is 5.91 Å². The zero-order valence-electron chi connectivity index (χ0n) is 13.9. The Kier molecular flexibility index (Phi) is 4.15. The highest BCUT2D eigenvalue weighted by atomic mass is 16.2. The van der Waals surface area contributed by atoms with Crippen molar-refractivity contribution in [1.82, 2.24) is 15.0 Å². The molecule has 3 heterocycles. The number of hydrogen-bond donors (Lipinski definition) is 0. The maximum atomic E-state index is 12.9. The molecular weight excluding hydrogens is 326 g/mol. The first kappa shape index (κ1) is 16.0. The van der Waals surface area contributed by atoms with Crippen molar-refractivity contribution in [1.29, 1.82) is 0 Å². The largest absolute Gasteiger partial charge is 0.281 e. The lowest BCUT2D eigenvalue weighted by Gasteiger charge is -2.28. The van der Waals surface area contributed by atoms with Crippen LogP contribution in [0.5, 0.6) is 0 Å². The van der Waals surface area contributed by atoms with Crippen LogP contribution < -0.4 is 0 Å². The molecule has 1 amide bonds. The maximum absolute atomic E-state index is 12.9. The van der Waals surface area contributed by atoms with Crippen molar-refractivity contribution in [3.63, 3.8) is 0 Å². The monoisotopic (exact) mass is 341 g/mol. The van der Waals surface area contributed by atoms with Crippen molar-refractivity contribution in [2.45, 2.75) is 12.0 Å². The lowest BCUT2D eigenvalue weighted by atomic mass is 9.88. The first-order valence-corrected chi connectivity index (χ1v) is 8.18. The van der Waals surface area contributed by atoms with Crippen LogP contribution in [0.3, 0.4) is 0 Å². The van der Waals surface area contributed by atoms with Gasteiger partial charge in [-0.05, 0) is 23.8 Å². The van der Waals surface area contributed by atoms with Crippen LogP contribution in [0.2, 0.25) is 0 Å². The Morgan fingerprint density at radius 2 is 1.58 bits per heavy atom. The molecule has 0 bridgehead atoms. The van der Waals surface area contributed by atoms with Crippen LogP contribution in [-0.2, 0) is 16.8 Å². The molecule has 2 aromatic heterocycles.